The molecule has 0 amide bonds. The summed E-state index contributed by atoms with van der Waals surface area (Å²) in [5.41, 5.74) is 5.28. The fourth-order valence-corrected chi connectivity index (χ4v) is 0.947. The Balaban J connectivity index is 2.54. The molecule has 4 heteroatoms. The van der Waals surface area contributed by atoms with E-state index >= 15 is 0 Å². The number of ether oxygens (including phenoxy) is 2. The van der Waals surface area contributed by atoms with Crippen molar-refractivity contribution in [1.82, 2.24) is 0 Å². The van der Waals surface area contributed by atoms with E-state index in [4.69, 9.17) is 15.2 Å². The number of esters is 1. The van der Waals surface area contributed by atoms with E-state index in [-0.39, 0.29) is 5.97 Å². The lowest BCUT2D eigenvalue weighted by molar-refractivity contribution is -0.131. The van der Waals surface area contributed by atoms with Gasteiger partial charge in [0.15, 0.2) is 0 Å². The van der Waals surface area contributed by atoms with E-state index in [2.05, 4.69) is 0 Å². The molecule has 0 aliphatic heterocycles. The first-order chi connectivity index (χ1) is 6.72. The van der Waals surface area contributed by atoms with Crippen LogP contribution in [-0.2, 0) is 4.79 Å². The van der Waals surface area contributed by atoms with E-state index in [9.17, 15) is 4.79 Å². The van der Waals surface area contributed by atoms with Crippen molar-refractivity contribution in [2.24, 2.45) is 5.73 Å². The zero-order valence-electron chi connectivity index (χ0n) is 8.03. The molecule has 4 nitrogen and oxygen atoms in total. The summed E-state index contributed by atoms with van der Waals surface area (Å²) in [6.07, 6.45) is 0. The Labute approximate surface area is 82.6 Å². The van der Waals surface area contributed by atoms with Crippen LogP contribution in [0.25, 0.3) is 0 Å². The van der Waals surface area contributed by atoms with Gasteiger partial charge in [-0.15, -0.1) is 0 Å². The number of hydrogen-bond acceptors (Lipinski definition) is 4. The highest BCUT2D eigenvalue weighted by Gasteiger charge is 1.98. The van der Waals surface area contributed by atoms with E-state index in [1.165, 1.54) is 6.92 Å². The summed E-state index contributed by atoms with van der Waals surface area (Å²) in [6, 6.07) is 6.81. The molecule has 0 fully saturated rings. The molecule has 0 saturated carbocycles. The second-order valence-electron chi connectivity index (χ2n) is 2.70. The van der Waals surface area contributed by atoms with E-state index in [0.29, 0.717) is 24.7 Å². The van der Waals surface area contributed by atoms with Gasteiger partial charge in [0, 0.05) is 13.5 Å². The number of nitrogens with two attached hydrogens (primary N) is 1. The van der Waals surface area contributed by atoms with Crippen molar-refractivity contribution in [2.75, 3.05) is 13.2 Å². The van der Waals surface area contributed by atoms with E-state index in [1.807, 2.05) is 0 Å². The Morgan fingerprint density at radius 1 is 1.29 bits per heavy atom. The van der Waals surface area contributed by atoms with Crippen LogP contribution in [0.1, 0.15) is 6.92 Å². The Kier molecular flexibility index (Phi) is 3.94. The van der Waals surface area contributed by atoms with Gasteiger partial charge in [-0.3, -0.25) is 4.79 Å². The lowest BCUT2D eigenvalue weighted by Crippen LogP contribution is -2.10. The number of carbonyl (C=O) groups excluding carboxylic acids is 1. The molecule has 0 aliphatic rings. The molecule has 76 valence electrons. The Bertz CT molecular complexity index is 295. The molecule has 1 rings (SSSR count). The second-order valence-corrected chi connectivity index (χ2v) is 2.70. The molecule has 0 radical (unpaired) electrons. The summed E-state index contributed by atoms with van der Waals surface area (Å²) in [4.78, 5) is 10.6. The summed E-state index contributed by atoms with van der Waals surface area (Å²) in [6.45, 7) is 2.32. The average Bonchev–Trinajstić information content (AvgIpc) is 2.16. The van der Waals surface area contributed by atoms with Crippen LogP contribution in [0.2, 0.25) is 0 Å². The standard InChI is InChI=1S/C10H13NO3/c1-8(12)14-10-4-2-9(3-5-10)13-7-6-11/h2-5H,6-7,11H2,1H3. The predicted octanol–water partition coefficient (Wildman–Crippen LogP) is 0.949. The zero-order valence-corrected chi connectivity index (χ0v) is 8.03. The SMILES string of the molecule is CC(=O)Oc1ccc(OCCN)cc1. The van der Waals surface area contributed by atoms with Gasteiger partial charge in [-0.25, -0.2) is 0 Å². The van der Waals surface area contributed by atoms with Gasteiger partial charge in [-0.05, 0) is 24.3 Å². The third kappa shape index (κ3) is 3.45. The molecule has 0 unspecified atom stereocenters. The summed E-state index contributed by atoms with van der Waals surface area (Å²) in [5, 5.41) is 0. The van der Waals surface area contributed by atoms with E-state index in [1.54, 1.807) is 24.3 Å². The molecule has 2 N–H and O–H groups in total. The van der Waals surface area contributed by atoms with Gasteiger partial charge in [0.1, 0.15) is 18.1 Å². The smallest absolute Gasteiger partial charge is 0.308 e. The predicted molar refractivity (Wildman–Crippen MR) is 52.3 cm³/mol. The van der Waals surface area contributed by atoms with Crippen LogP contribution in [0.15, 0.2) is 24.3 Å². The van der Waals surface area contributed by atoms with Gasteiger partial charge in [0.2, 0.25) is 0 Å². The molecule has 0 saturated heterocycles. The van der Waals surface area contributed by atoms with Crippen molar-refractivity contribution < 1.29 is 14.3 Å². The molecule has 1 aromatic carbocycles. The van der Waals surface area contributed by atoms with Crippen LogP contribution >= 0.6 is 0 Å². The molecule has 0 heterocycles. The Hall–Kier alpha value is -1.55. The van der Waals surface area contributed by atoms with Crippen molar-refractivity contribution in [1.29, 1.82) is 0 Å². The summed E-state index contributed by atoms with van der Waals surface area (Å²) >= 11 is 0. The van der Waals surface area contributed by atoms with E-state index < -0.39 is 0 Å². The number of hydrogen-bond donors (Lipinski definition) is 1. The molecule has 14 heavy (non-hydrogen) atoms. The zero-order chi connectivity index (χ0) is 10.4. The molecule has 0 aromatic heterocycles. The summed E-state index contributed by atoms with van der Waals surface area (Å²) < 4.78 is 10.1. The molecular weight excluding hydrogens is 182 g/mol. The van der Waals surface area contributed by atoms with Crippen molar-refractivity contribution in [3.05, 3.63) is 24.3 Å². The first-order valence-electron chi connectivity index (χ1n) is 4.33. The van der Waals surface area contributed by atoms with Crippen LogP contribution < -0.4 is 15.2 Å². The molecule has 0 spiro atoms. The molecular formula is C10H13NO3. The van der Waals surface area contributed by atoms with Crippen molar-refractivity contribution >= 4 is 5.97 Å². The lowest BCUT2D eigenvalue weighted by Gasteiger charge is -2.05. The quantitative estimate of drug-likeness (QED) is 0.574. The lowest BCUT2D eigenvalue weighted by atomic mass is 10.3. The Morgan fingerprint density at radius 3 is 2.36 bits per heavy atom. The van der Waals surface area contributed by atoms with E-state index in [0.717, 1.165) is 0 Å². The maximum atomic E-state index is 10.6. The first kappa shape index (κ1) is 10.5. The fraction of sp³-hybridized carbons (Fsp3) is 0.300. The van der Waals surface area contributed by atoms with Crippen LogP contribution in [0.5, 0.6) is 11.5 Å². The molecule has 0 aliphatic carbocycles. The van der Waals surface area contributed by atoms with Gasteiger partial charge < -0.3 is 15.2 Å². The fourth-order valence-electron chi connectivity index (χ4n) is 0.947. The normalized spacial score (nSPS) is 9.57. The maximum Gasteiger partial charge on any atom is 0.308 e. The highest BCUT2D eigenvalue weighted by Crippen LogP contribution is 2.17. The summed E-state index contributed by atoms with van der Waals surface area (Å²) in [5.74, 6) is 0.893. The number of rotatable bonds is 4. The van der Waals surface area contributed by atoms with Crippen molar-refractivity contribution in [2.45, 2.75) is 6.92 Å². The third-order valence-electron chi connectivity index (χ3n) is 1.47. The summed E-state index contributed by atoms with van der Waals surface area (Å²) in [7, 11) is 0. The molecule has 0 bridgehead atoms. The number of carbonyl (C=O) groups is 1. The minimum absolute atomic E-state index is 0.333. The highest BCUT2D eigenvalue weighted by atomic mass is 16.5. The molecule has 0 atom stereocenters. The molecule has 1 aromatic rings. The first-order valence-corrected chi connectivity index (χ1v) is 4.33. The second kappa shape index (κ2) is 5.24. The highest BCUT2D eigenvalue weighted by molar-refractivity contribution is 5.69. The van der Waals surface area contributed by atoms with Crippen LogP contribution in [-0.4, -0.2) is 19.1 Å². The average molecular weight is 195 g/mol. The minimum Gasteiger partial charge on any atom is -0.492 e. The largest absolute Gasteiger partial charge is 0.492 e. The van der Waals surface area contributed by atoms with Gasteiger partial charge in [-0.2, -0.15) is 0 Å². The minimum atomic E-state index is -0.333. The van der Waals surface area contributed by atoms with Crippen LogP contribution in [0, 0.1) is 0 Å². The van der Waals surface area contributed by atoms with Crippen molar-refractivity contribution in [3.63, 3.8) is 0 Å². The third-order valence-corrected chi connectivity index (χ3v) is 1.47. The topological polar surface area (TPSA) is 61.5 Å². The van der Waals surface area contributed by atoms with Gasteiger partial charge in [0.05, 0.1) is 0 Å². The van der Waals surface area contributed by atoms with Crippen molar-refractivity contribution in [3.8, 4) is 11.5 Å². The monoisotopic (exact) mass is 195 g/mol. The van der Waals surface area contributed by atoms with Crippen LogP contribution in [0.3, 0.4) is 0 Å². The Morgan fingerprint density at radius 2 is 1.86 bits per heavy atom. The van der Waals surface area contributed by atoms with Gasteiger partial charge in [0.25, 0.3) is 0 Å². The van der Waals surface area contributed by atoms with Crippen LogP contribution in [0.4, 0.5) is 0 Å². The van der Waals surface area contributed by atoms with Gasteiger partial charge >= 0.3 is 5.97 Å². The van der Waals surface area contributed by atoms with Gasteiger partial charge in [-0.1, -0.05) is 0 Å². The maximum absolute atomic E-state index is 10.6. The number of benzene rings is 1.